The van der Waals surface area contributed by atoms with Crippen LogP contribution in [0.1, 0.15) is 5.56 Å². The zero-order chi connectivity index (χ0) is 11.8. The lowest BCUT2D eigenvalue weighted by molar-refractivity contribution is -0.136. The predicted octanol–water partition coefficient (Wildman–Crippen LogP) is 4.58. The van der Waals surface area contributed by atoms with Gasteiger partial charge in [0.15, 0.2) is 0 Å². The number of halogens is 3. The molecule has 0 heterocycles. The molecular weight excluding hydrogens is 233 g/mol. The molecule has 2 rings (SSSR count). The van der Waals surface area contributed by atoms with Gasteiger partial charge in [0.25, 0.3) is 0 Å². The SMILES string of the molecule is CSc1ccc(C(F)(F)F)c2ccccc12. The quantitative estimate of drug-likeness (QED) is 0.659. The molecule has 2 aromatic carbocycles. The van der Waals surface area contributed by atoms with Gasteiger partial charge in [-0.3, -0.25) is 0 Å². The standard InChI is InChI=1S/C12H9F3S/c1-16-11-7-6-10(12(13,14)15)8-4-2-3-5-9(8)11/h2-7H,1H3. The molecule has 0 aromatic heterocycles. The highest BCUT2D eigenvalue weighted by atomic mass is 32.2. The van der Waals surface area contributed by atoms with Crippen LogP contribution in [0.25, 0.3) is 10.8 Å². The first-order valence-corrected chi connectivity index (χ1v) is 5.89. The smallest absolute Gasteiger partial charge is 0.166 e. The molecule has 0 atom stereocenters. The number of fused-ring (bicyclic) bond motifs is 1. The van der Waals surface area contributed by atoms with Gasteiger partial charge in [0, 0.05) is 4.90 Å². The van der Waals surface area contributed by atoms with E-state index >= 15 is 0 Å². The van der Waals surface area contributed by atoms with E-state index in [0.29, 0.717) is 5.39 Å². The van der Waals surface area contributed by atoms with E-state index in [-0.39, 0.29) is 5.39 Å². The van der Waals surface area contributed by atoms with Gasteiger partial charge in [-0.15, -0.1) is 11.8 Å². The van der Waals surface area contributed by atoms with Gasteiger partial charge in [-0.2, -0.15) is 13.2 Å². The van der Waals surface area contributed by atoms with Crippen molar-refractivity contribution in [3.05, 3.63) is 42.0 Å². The van der Waals surface area contributed by atoms with Crippen LogP contribution in [-0.4, -0.2) is 6.26 Å². The van der Waals surface area contributed by atoms with E-state index in [0.717, 1.165) is 11.0 Å². The van der Waals surface area contributed by atoms with E-state index in [1.807, 2.05) is 6.26 Å². The van der Waals surface area contributed by atoms with E-state index < -0.39 is 11.7 Å². The highest BCUT2D eigenvalue weighted by Crippen LogP contribution is 2.37. The fraction of sp³-hybridized carbons (Fsp3) is 0.167. The molecule has 0 nitrogen and oxygen atoms in total. The van der Waals surface area contributed by atoms with Gasteiger partial charge in [-0.25, -0.2) is 0 Å². The van der Waals surface area contributed by atoms with Gasteiger partial charge in [-0.1, -0.05) is 24.3 Å². The van der Waals surface area contributed by atoms with Crippen molar-refractivity contribution in [3.8, 4) is 0 Å². The molecule has 4 heteroatoms. The second kappa shape index (κ2) is 4.01. The van der Waals surface area contributed by atoms with Gasteiger partial charge in [0.05, 0.1) is 5.56 Å². The van der Waals surface area contributed by atoms with Crippen molar-refractivity contribution >= 4 is 22.5 Å². The fourth-order valence-corrected chi connectivity index (χ4v) is 2.30. The lowest BCUT2D eigenvalue weighted by atomic mass is 10.0. The Hall–Kier alpha value is -1.16. The number of thioether (sulfide) groups is 1. The van der Waals surface area contributed by atoms with Gasteiger partial charge < -0.3 is 0 Å². The molecule has 0 bridgehead atoms. The number of alkyl halides is 3. The van der Waals surface area contributed by atoms with Crippen molar-refractivity contribution in [3.63, 3.8) is 0 Å². The highest BCUT2D eigenvalue weighted by molar-refractivity contribution is 7.98. The third-order valence-corrected chi connectivity index (χ3v) is 3.21. The van der Waals surface area contributed by atoms with Crippen molar-refractivity contribution in [1.82, 2.24) is 0 Å². The molecule has 0 fully saturated rings. The van der Waals surface area contributed by atoms with E-state index in [1.54, 1.807) is 18.2 Å². The average molecular weight is 242 g/mol. The largest absolute Gasteiger partial charge is 0.417 e. The van der Waals surface area contributed by atoms with Crippen LogP contribution in [0.4, 0.5) is 13.2 Å². The van der Waals surface area contributed by atoms with Gasteiger partial charge in [0.2, 0.25) is 0 Å². The maximum Gasteiger partial charge on any atom is 0.417 e. The van der Waals surface area contributed by atoms with Crippen molar-refractivity contribution in [2.75, 3.05) is 6.26 Å². The fourth-order valence-electron chi connectivity index (χ4n) is 1.70. The minimum Gasteiger partial charge on any atom is -0.166 e. The van der Waals surface area contributed by atoms with Crippen LogP contribution in [0.2, 0.25) is 0 Å². The number of hydrogen-bond donors (Lipinski definition) is 0. The van der Waals surface area contributed by atoms with E-state index in [9.17, 15) is 13.2 Å². The zero-order valence-electron chi connectivity index (χ0n) is 8.51. The van der Waals surface area contributed by atoms with Crippen LogP contribution in [0.15, 0.2) is 41.3 Å². The van der Waals surface area contributed by atoms with Crippen LogP contribution >= 0.6 is 11.8 Å². The third kappa shape index (κ3) is 1.89. The molecule has 0 saturated heterocycles. The Kier molecular flexibility index (Phi) is 2.84. The highest BCUT2D eigenvalue weighted by Gasteiger charge is 2.32. The summed E-state index contributed by atoms with van der Waals surface area (Å²) in [7, 11) is 0. The molecule has 0 N–H and O–H groups in total. The summed E-state index contributed by atoms with van der Waals surface area (Å²) in [4.78, 5) is 0.864. The Balaban J connectivity index is 2.80. The molecule has 2 aromatic rings. The van der Waals surface area contributed by atoms with Crippen molar-refractivity contribution in [2.24, 2.45) is 0 Å². The summed E-state index contributed by atoms with van der Waals surface area (Å²) in [6, 6.07) is 9.28. The minimum absolute atomic E-state index is 0.266. The van der Waals surface area contributed by atoms with Gasteiger partial charge >= 0.3 is 6.18 Å². The zero-order valence-corrected chi connectivity index (χ0v) is 9.32. The number of hydrogen-bond acceptors (Lipinski definition) is 1. The van der Waals surface area contributed by atoms with Gasteiger partial charge in [-0.05, 0) is 29.2 Å². The summed E-state index contributed by atoms with van der Waals surface area (Å²) in [5.74, 6) is 0. The molecule has 0 spiro atoms. The Labute approximate surface area is 95.5 Å². The van der Waals surface area contributed by atoms with Gasteiger partial charge in [0.1, 0.15) is 0 Å². The summed E-state index contributed by atoms with van der Waals surface area (Å²) < 4.78 is 38.2. The van der Waals surface area contributed by atoms with Crippen LogP contribution in [0, 0.1) is 0 Å². The molecule has 0 radical (unpaired) electrons. The molecule has 84 valence electrons. The van der Waals surface area contributed by atoms with E-state index in [4.69, 9.17) is 0 Å². The monoisotopic (exact) mass is 242 g/mol. The average Bonchev–Trinajstić information content (AvgIpc) is 2.26. The predicted molar refractivity (Wildman–Crippen MR) is 60.7 cm³/mol. The molecule has 0 aliphatic carbocycles. The lowest BCUT2D eigenvalue weighted by Crippen LogP contribution is -2.05. The van der Waals surface area contributed by atoms with Crippen LogP contribution in [0.5, 0.6) is 0 Å². The van der Waals surface area contributed by atoms with Crippen molar-refractivity contribution in [2.45, 2.75) is 11.1 Å². The maximum atomic E-state index is 12.7. The first-order valence-electron chi connectivity index (χ1n) is 4.67. The molecular formula is C12H9F3S. The minimum atomic E-state index is -4.30. The van der Waals surface area contributed by atoms with Crippen molar-refractivity contribution < 1.29 is 13.2 Å². The maximum absolute atomic E-state index is 12.7. The number of rotatable bonds is 1. The van der Waals surface area contributed by atoms with Crippen LogP contribution in [0.3, 0.4) is 0 Å². The normalized spacial score (nSPS) is 12.0. The second-order valence-corrected chi connectivity index (χ2v) is 4.21. The molecule has 0 unspecified atom stereocenters. The van der Waals surface area contributed by atoms with Crippen LogP contribution < -0.4 is 0 Å². The summed E-state index contributed by atoms with van der Waals surface area (Å²) in [6.45, 7) is 0. The first-order chi connectivity index (χ1) is 7.54. The van der Waals surface area contributed by atoms with E-state index in [1.165, 1.54) is 23.9 Å². The molecule has 0 saturated carbocycles. The molecule has 0 aliphatic rings. The third-order valence-electron chi connectivity index (χ3n) is 2.41. The topological polar surface area (TPSA) is 0 Å². The summed E-state index contributed by atoms with van der Waals surface area (Å²) in [6.07, 6.45) is -2.44. The first kappa shape index (κ1) is 11.3. The summed E-state index contributed by atoms with van der Waals surface area (Å²) in [5, 5.41) is 0.923. The summed E-state index contributed by atoms with van der Waals surface area (Å²) in [5.41, 5.74) is -0.569. The van der Waals surface area contributed by atoms with Crippen LogP contribution in [-0.2, 0) is 6.18 Å². The number of benzene rings is 2. The van der Waals surface area contributed by atoms with E-state index in [2.05, 4.69) is 0 Å². The van der Waals surface area contributed by atoms with Crippen molar-refractivity contribution in [1.29, 1.82) is 0 Å². The summed E-state index contributed by atoms with van der Waals surface area (Å²) >= 11 is 1.45. The lowest BCUT2D eigenvalue weighted by Gasteiger charge is -2.12. The Morgan fingerprint density at radius 1 is 0.938 bits per heavy atom. The molecule has 0 aliphatic heterocycles. The molecule has 16 heavy (non-hydrogen) atoms. The molecule has 0 amide bonds. The Morgan fingerprint density at radius 3 is 2.12 bits per heavy atom. The second-order valence-electron chi connectivity index (χ2n) is 3.36. The Morgan fingerprint density at radius 2 is 1.56 bits per heavy atom. The Bertz CT molecular complexity index is 517.